The zero-order valence-corrected chi connectivity index (χ0v) is 23.4. The molecule has 0 bridgehead atoms. The molecule has 1 saturated carbocycles. The molecule has 202 valence electrons. The molecule has 1 N–H and O–H groups in total. The number of carbonyl (C=O) groups excluding carboxylic acids is 1. The lowest BCUT2D eigenvalue weighted by Gasteiger charge is -2.35. The van der Waals surface area contributed by atoms with Crippen molar-refractivity contribution in [2.45, 2.75) is 58.4 Å². The third-order valence-electron chi connectivity index (χ3n) is 8.84. The Labute approximate surface area is 228 Å². The Morgan fingerprint density at radius 1 is 1.00 bits per heavy atom. The van der Waals surface area contributed by atoms with E-state index in [2.05, 4.69) is 46.4 Å². The molecule has 0 atom stereocenters. The highest BCUT2D eigenvalue weighted by Crippen LogP contribution is 2.49. The van der Waals surface area contributed by atoms with E-state index in [-0.39, 0.29) is 5.91 Å². The van der Waals surface area contributed by atoms with E-state index in [4.69, 9.17) is 0 Å². The molecule has 8 heteroatoms. The van der Waals surface area contributed by atoms with E-state index in [1.807, 2.05) is 11.0 Å². The van der Waals surface area contributed by atoms with Gasteiger partial charge in [0.05, 0.1) is 22.5 Å². The van der Waals surface area contributed by atoms with Crippen LogP contribution in [0.15, 0.2) is 24.3 Å². The van der Waals surface area contributed by atoms with Crippen molar-refractivity contribution >= 4 is 39.1 Å². The van der Waals surface area contributed by atoms with E-state index >= 15 is 0 Å². The summed E-state index contributed by atoms with van der Waals surface area (Å²) in [5.74, 6) is -0.212. The quantitative estimate of drug-likeness (QED) is 0.474. The summed E-state index contributed by atoms with van der Waals surface area (Å²) in [6.07, 6.45) is 6.03. The van der Waals surface area contributed by atoms with E-state index in [0.717, 1.165) is 74.6 Å². The molecule has 3 aliphatic rings. The van der Waals surface area contributed by atoms with Gasteiger partial charge in [0.1, 0.15) is 4.88 Å². The molecule has 6 rings (SSSR count). The summed E-state index contributed by atoms with van der Waals surface area (Å²) in [6, 6.07) is 8.52. The summed E-state index contributed by atoms with van der Waals surface area (Å²) in [4.78, 5) is 32.5. The fraction of sp³-hybridized carbons (Fsp3) is 0.533. The molecule has 2 fully saturated rings. The van der Waals surface area contributed by atoms with Gasteiger partial charge in [-0.2, -0.15) is 0 Å². The van der Waals surface area contributed by atoms with Gasteiger partial charge in [-0.05, 0) is 55.5 Å². The maximum absolute atomic E-state index is 13.5. The number of hydrogen-bond donors (Lipinski definition) is 1. The zero-order valence-electron chi connectivity index (χ0n) is 22.5. The Bertz CT molecular complexity index is 1360. The number of aromatic nitrogens is 1. The molecule has 7 nitrogen and oxygen atoms in total. The van der Waals surface area contributed by atoms with Crippen LogP contribution >= 0.6 is 11.3 Å². The van der Waals surface area contributed by atoms with Gasteiger partial charge in [-0.25, -0.2) is 4.79 Å². The van der Waals surface area contributed by atoms with Crippen molar-refractivity contribution in [3.8, 4) is 11.3 Å². The van der Waals surface area contributed by atoms with Crippen LogP contribution in [-0.2, 0) is 11.3 Å². The summed E-state index contributed by atoms with van der Waals surface area (Å²) in [6.45, 7) is 10.6. The molecule has 1 amide bonds. The normalized spacial score (nSPS) is 18.9. The first-order valence-corrected chi connectivity index (χ1v) is 15.0. The van der Waals surface area contributed by atoms with Gasteiger partial charge in [0.25, 0.3) is 0 Å². The molecule has 38 heavy (non-hydrogen) atoms. The van der Waals surface area contributed by atoms with Crippen molar-refractivity contribution in [1.29, 1.82) is 0 Å². The monoisotopic (exact) mass is 534 g/mol. The van der Waals surface area contributed by atoms with Crippen LogP contribution in [0.25, 0.3) is 21.5 Å². The fourth-order valence-electron chi connectivity index (χ4n) is 6.73. The molecule has 3 aromatic rings. The predicted octanol–water partition coefficient (Wildman–Crippen LogP) is 5.41. The summed E-state index contributed by atoms with van der Waals surface area (Å²) < 4.78 is 3.51. The van der Waals surface area contributed by atoms with Crippen LogP contribution in [0.1, 0.15) is 65.7 Å². The summed E-state index contributed by atoms with van der Waals surface area (Å²) in [5.41, 5.74) is 7.12. The average Bonchev–Trinajstić information content (AvgIpc) is 3.45. The minimum Gasteiger partial charge on any atom is -0.477 e. The molecule has 1 aliphatic carbocycles. The highest BCUT2D eigenvalue weighted by Gasteiger charge is 2.33. The Kier molecular flexibility index (Phi) is 6.95. The van der Waals surface area contributed by atoms with Gasteiger partial charge in [0.2, 0.25) is 5.91 Å². The molecule has 1 saturated heterocycles. The number of aryl methyl sites for hydroxylation is 1. The topological polar surface area (TPSA) is 69.0 Å². The number of carbonyl (C=O) groups is 2. The van der Waals surface area contributed by atoms with E-state index in [0.29, 0.717) is 17.3 Å². The second kappa shape index (κ2) is 10.4. The van der Waals surface area contributed by atoms with Crippen molar-refractivity contribution in [2.75, 3.05) is 50.7 Å². The molecule has 2 aromatic heterocycles. The lowest BCUT2D eigenvalue weighted by Crippen LogP contribution is -2.51. The molecule has 4 heterocycles. The number of benzene rings is 1. The van der Waals surface area contributed by atoms with E-state index < -0.39 is 5.97 Å². The van der Waals surface area contributed by atoms with Gasteiger partial charge in [-0.3, -0.25) is 4.79 Å². The van der Waals surface area contributed by atoms with Crippen LogP contribution in [0.5, 0.6) is 0 Å². The first-order valence-electron chi connectivity index (χ1n) is 14.2. The van der Waals surface area contributed by atoms with E-state index in [1.54, 1.807) is 0 Å². The van der Waals surface area contributed by atoms with Crippen LogP contribution in [-0.4, -0.2) is 77.2 Å². The molecule has 2 aliphatic heterocycles. The number of piperazine rings is 1. The number of carboxylic acid groups (broad SMARTS) is 1. The van der Waals surface area contributed by atoms with Gasteiger partial charge in [0.15, 0.2) is 0 Å². The van der Waals surface area contributed by atoms with Crippen molar-refractivity contribution in [2.24, 2.45) is 0 Å². The SMILES string of the molecule is CCN1CCN(C(=O)CN2CCn3c(c(C4CCCCC4)c4sc(C(=O)O)cc43)-c3ccc(C)cc32)CC1. The van der Waals surface area contributed by atoms with Crippen LogP contribution in [0.4, 0.5) is 5.69 Å². The Morgan fingerprint density at radius 3 is 2.47 bits per heavy atom. The lowest BCUT2D eigenvalue weighted by molar-refractivity contribution is -0.131. The highest BCUT2D eigenvalue weighted by molar-refractivity contribution is 7.21. The average molecular weight is 535 g/mol. The Morgan fingerprint density at radius 2 is 1.76 bits per heavy atom. The molecular formula is C30H38N4O3S. The number of amides is 1. The molecule has 0 unspecified atom stereocenters. The van der Waals surface area contributed by atoms with Gasteiger partial charge < -0.3 is 24.4 Å². The van der Waals surface area contributed by atoms with Gasteiger partial charge in [-0.15, -0.1) is 11.3 Å². The molecule has 0 spiro atoms. The number of aromatic carboxylic acids is 1. The summed E-state index contributed by atoms with van der Waals surface area (Å²) in [5, 5.41) is 9.80. The van der Waals surface area contributed by atoms with Crippen molar-refractivity contribution < 1.29 is 14.7 Å². The van der Waals surface area contributed by atoms with Crippen molar-refractivity contribution in [1.82, 2.24) is 14.4 Å². The highest BCUT2D eigenvalue weighted by atomic mass is 32.1. The number of anilines is 1. The van der Waals surface area contributed by atoms with Gasteiger partial charge in [-0.1, -0.05) is 38.3 Å². The first-order chi connectivity index (χ1) is 18.4. The number of fused-ring (bicyclic) bond motifs is 5. The van der Waals surface area contributed by atoms with Gasteiger partial charge >= 0.3 is 5.97 Å². The maximum atomic E-state index is 13.5. The number of thiophene rings is 1. The third kappa shape index (κ3) is 4.51. The van der Waals surface area contributed by atoms with Crippen molar-refractivity contribution in [3.63, 3.8) is 0 Å². The third-order valence-corrected chi connectivity index (χ3v) is 9.98. The number of rotatable bonds is 5. The minimum absolute atomic E-state index is 0.195. The summed E-state index contributed by atoms with van der Waals surface area (Å²) >= 11 is 1.44. The standard InChI is InChI=1S/C30H38N4O3S/c1-3-31-11-13-32(14-12-31)26(35)19-33-15-16-34-24-18-25(30(36)37)38-29(24)27(21-7-5-4-6-8-21)28(34)22-10-9-20(2)17-23(22)33/h9-10,17-18,21H,3-8,11-16,19H2,1-2H3,(H,36,37). The van der Waals surface area contributed by atoms with Crippen LogP contribution < -0.4 is 4.90 Å². The fourth-order valence-corrected chi connectivity index (χ4v) is 7.86. The first kappa shape index (κ1) is 25.4. The smallest absolute Gasteiger partial charge is 0.345 e. The molecular weight excluding hydrogens is 496 g/mol. The van der Waals surface area contributed by atoms with E-state index in [9.17, 15) is 14.7 Å². The molecule has 1 aromatic carbocycles. The number of likely N-dealkylation sites (N-methyl/N-ethyl adjacent to an activating group) is 1. The lowest BCUT2D eigenvalue weighted by atomic mass is 9.83. The number of nitrogens with zero attached hydrogens (tertiary/aromatic N) is 4. The molecule has 0 radical (unpaired) electrons. The minimum atomic E-state index is -0.852. The summed E-state index contributed by atoms with van der Waals surface area (Å²) in [7, 11) is 0. The van der Waals surface area contributed by atoms with E-state index in [1.165, 1.54) is 53.0 Å². The second-order valence-electron chi connectivity index (χ2n) is 11.1. The van der Waals surface area contributed by atoms with Crippen LogP contribution in [0, 0.1) is 6.92 Å². The number of hydrogen-bond acceptors (Lipinski definition) is 5. The van der Waals surface area contributed by atoms with Crippen molar-refractivity contribution in [3.05, 3.63) is 40.3 Å². The maximum Gasteiger partial charge on any atom is 0.345 e. The largest absolute Gasteiger partial charge is 0.477 e. The van der Waals surface area contributed by atoms with Gasteiger partial charge in [0, 0.05) is 50.5 Å². The second-order valence-corrected chi connectivity index (χ2v) is 12.2. The van der Waals surface area contributed by atoms with Crippen LogP contribution in [0.3, 0.4) is 0 Å². The number of carboxylic acids is 1. The van der Waals surface area contributed by atoms with Crippen LogP contribution in [0.2, 0.25) is 0 Å². The zero-order chi connectivity index (χ0) is 26.4. The Balaban J connectivity index is 1.42. The Hall–Kier alpha value is -2.84. The predicted molar refractivity (Wildman–Crippen MR) is 154 cm³/mol.